The van der Waals surface area contributed by atoms with E-state index in [2.05, 4.69) is 22.3 Å². The number of sulfonamides is 1. The minimum Gasteiger partial charge on any atom is -0.352 e. The van der Waals surface area contributed by atoms with Gasteiger partial charge in [0.2, 0.25) is 15.9 Å². The molecule has 3 N–H and O–H groups in total. The van der Waals surface area contributed by atoms with Crippen molar-refractivity contribution in [3.63, 3.8) is 0 Å². The van der Waals surface area contributed by atoms with Crippen molar-refractivity contribution in [3.05, 3.63) is 30.3 Å². The van der Waals surface area contributed by atoms with Crippen molar-refractivity contribution >= 4 is 40.1 Å². The molecule has 0 radical (unpaired) electrons. The molecule has 1 amide bonds. The van der Waals surface area contributed by atoms with Crippen molar-refractivity contribution in [2.45, 2.75) is 49.2 Å². The third-order valence-corrected chi connectivity index (χ3v) is 6.38. The summed E-state index contributed by atoms with van der Waals surface area (Å²) < 4.78 is 27.7. The quantitative estimate of drug-likeness (QED) is 0.595. The van der Waals surface area contributed by atoms with Gasteiger partial charge in [0.1, 0.15) is 6.04 Å². The molecule has 1 heterocycles. The van der Waals surface area contributed by atoms with E-state index in [1.54, 1.807) is 30.0 Å². The van der Waals surface area contributed by atoms with Crippen molar-refractivity contribution < 1.29 is 13.2 Å². The number of halogens is 1. The molecular formula is C17H28ClN3O3S2. The first-order valence-corrected chi connectivity index (χ1v) is 11.4. The molecule has 0 aliphatic carbocycles. The topological polar surface area (TPSA) is 87.3 Å². The van der Waals surface area contributed by atoms with E-state index in [9.17, 15) is 13.2 Å². The lowest BCUT2D eigenvalue weighted by molar-refractivity contribution is -0.123. The van der Waals surface area contributed by atoms with Crippen molar-refractivity contribution in [1.29, 1.82) is 0 Å². The standard InChI is InChI=1S/C17H27N3O3S2.ClH/c1-13-12-14(8-10-18-13)19-17(21)16(9-11-24-2)20-25(22,23)15-6-4-3-5-7-15;/h3-7,13-14,16,18,20H,8-12H2,1-2H3,(H,19,21);1H. The van der Waals surface area contributed by atoms with E-state index in [1.807, 2.05) is 6.26 Å². The summed E-state index contributed by atoms with van der Waals surface area (Å²) in [4.78, 5) is 12.8. The van der Waals surface area contributed by atoms with Crippen LogP contribution in [-0.2, 0) is 14.8 Å². The van der Waals surface area contributed by atoms with Gasteiger partial charge in [-0.3, -0.25) is 4.79 Å². The average molecular weight is 422 g/mol. The maximum atomic E-state index is 12.7. The molecule has 2 rings (SSSR count). The number of piperidine rings is 1. The highest BCUT2D eigenvalue weighted by Crippen LogP contribution is 2.12. The van der Waals surface area contributed by atoms with Crippen LogP contribution < -0.4 is 15.4 Å². The maximum Gasteiger partial charge on any atom is 0.241 e. The molecule has 3 unspecified atom stereocenters. The number of carbonyl (C=O) groups is 1. The molecule has 9 heteroatoms. The summed E-state index contributed by atoms with van der Waals surface area (Å²) >= 11 is 1.59. The SMILES string of the molecule is CSCCC(NS(=O)(=O)c1ccccc1)C(=O)NC1CCNC(C)C1.Cl. The Bertz CT molecular complexity index is 658. The number of thioether (sulfide) groups is 1. The van der Waals surface area contributed by atoms with E-state index in [-0.39, 0.29) is 29.3 Å². The zero-order chi connectivity index (χ0) is 18.3. The normalized spacial score (nSPS) is 21.5. The van der Waals surface area contributed by atoms with E-state index in [0.29, 0.717) is 18.2 Å². The summed E-state index contributed by atoms with van der Waals surface area (Å²) in [5, 5.41) is 6.36. The summed E-state index contributed by atoms with van der Waals surface area (Å²) in [5.74, 6) is 0.463. The van der Waals surface area contributed by atoms with Gasteiger partial charge in [-0.15, -0.1) is 12.4 Å². The highest BCUT2D eigenvalue weighted by Gasteiger charge is 2.28. The highest BCUT2D eigenvalue weighted by atomic mass is 35.5. The Morgan fingerprint density at radius 3 is 2.65 bits per heavy atom. The molecule has 0 bridgehead atoms. The second-order valence-electron chi connectivity index (χ2n) is 6.35. The van der Waals surface area contributed by atoms with Crippen LogP contribution in [0.25, 0.3) is 0 Å². The zero-order valence-electron chi connectivity index (χ0n) is 15.1. The van der Waals surface area contributed by atoms with Gasteiger partial charge < -0.3 is 10.6 Å². The third-order valence-electron chi connectivity index (χ3n) is 4.25. The van der Waals surface area contributed by atoms with Gasteiger partial charge in [-0.1, -0.05) is 18.2 Å². The van der Waals surface area contributed by atoms with Crippen molar-refractivity contribution in [1.82, 2.24) is 15.4 Å². The van der Waals surface area contributed by atoms with Gasteiger partial charge in [-0.2, -0.15) is 16.5 Å². The molecule has 1 fully saturated rings. The van der Waals surface area contributed by atoms with E-state index < -0.39 is 16.1 Å². The minimum atomic E-state index is -3.72. The first-order valence-electron chi connectivity index (χ1n) is 8.52. The second kappa shape index (κ2) is 11.1. The number of carbonyl (C=O) groups excluding carboxylic acids is 1. The Kier molecular flexibility index (Phi) is 9.95. The van der Waals surface area contributed by atoms with Crippen LogP contribution in [-0.4, -0.2) is 51.0 Å². The van der Waals surface area contributed by atoms with Crippen molar-refractivity contribution in [3.8, 4) is 0 Å². The molecule has 1 aliphatic heterocycles. The Balaban J connectivity index is 0.00000338. The fourth-order valence-electron chi connectivity index (χ4n) is 2.90. The summed E-state index contributed by atoms with van der Waals surface area (Å²) in [7, 11) is -3.72. The molecule has 26 heavy (non-hydrogen) atoms. The summed E-state index contributed by atoms with van der Waals surface area (Å²) in [6.07, 6.45) is 4.11. The molecule has 148 valence electrons. The van der Waals surface area contributed by atoms with Crippen LogP contribution in [0.4, 0.5) is 0 Å². The Morgan fingerprint density at radius 2 is 2.04 bits per heavy atom. The van der Waals surface area contributed by atoms with Gasteiger partial charge in [-0.25, -0.2) is 8.42 Å². The Hall–Kier alpha value is -0.800. The fraction of sp³-hybridized carbons (Fsp3) is 0.588. The minimum absolute atomic E-state index is 0. The van der Waals surface area contributed by atoms with E-state index in [1.165, 1.54) is 12.1 Å². The predicted octanol–water partition coefficient (Wildman–Crippen LogP) is 1.77. The maximum absolute atomic E-state index is 12.7. The van der Waals surface area contributed by atoms with E-state index >= 15 is 0 Å². The van der Waals surface area contributed by atoms with Crippen molar-refractivity contribution in [2.24, 2.45) is 0 Å². The molecule has 0 spiro atoms. The average Bonchev–Trinajstić information content (AvgIpc) is 2.59. The van der Waals surface area contributed by atoms with Crippen LogP contribution in [0.3, 0.4) is 0 Å². The van der Waals surface area contributed by atoms with Crippen LogP contribution in [0.5, 0.6) is 0 Å². The van der Waals surface area contributed by atoms with Crippen LogP contribution in [0.15, 0.2) is 35.2 Å². The lowest BCUT2D eigenvalue weighted by Gasteiger charge is -2.30. The monoisotopic (exact) mass is 421 g/mol. The van der Waals surface area contributed by atoms with Crippen LogP contribution >= 0.6 is 24.2 Å². The molecule has 1 saturated heterocycles. The molecular weight excluding hydrogens is 394 g/mol. The number of hydrogen-bond acceptors (Lipinski definition) is 5. The first kappa shape index (κ1) is 23.2. The summed E-state index contributed by atoms with van der Waals surface area (Å²) in [6.45, 7) is 2.94. The molecule has 1 aromatic rings. The summed E-state index contributed by atoms with van der Waals surface area (Å²) in [6, 6.07) is 7.83. The molecule has 6 nitrogen and oxygen atoms in total. The molecule has 0 aromatic heterocycles. The number of amides is 1. The van der Waals surface area contributed by atoms with Crippen LogP contribution in [0, 0.1) is 0 Å². The third kappa shape index (κ3) is 7.08. The predicted molar refractivity (Wildman–Crippen MR) is 109 cm³/mol. The number of benzene rings is 1. The molecule has 0 saturated carbocycles. The van der Waals surface area contributed by atoms with Gasteiger partial charge >= 0.3 is 0 Å². The van der Waals surface area contributed by atoms with Gasteiger partial charge in [0.15, 0.2) is 0 Å². The first-order chi connectivity index (χ1) is 11.9. The molecule has 1 aliphatic rings. The van der Waals surface area contributed by atoms with Crippen molar-refractivity contribution in [2.75, 3.05) is 18.6 Å². The number of nitrogens with one attached hydrogen (secondary N) is 3. The van der Waals surface area contributed by atoms with E-state index in [4.69, 9.17) is 0 Å². The summed E-state index contributed by atoms with van der Waals surface area (Å²) in [5.41, 5.74) is 0. The second-order valence-corrected chi connectivity index (χ2v) is 9.05. The fourth-order valence-corrected chi connectivity index (χ4v) is 4.62. The number of hydrogen-bond donors (Lipinski definition) is 3. The molecule has 3 atom stereocenters. The largest absolute Gasteiger partial charge is 0.352 e. The Labute approximate surface area is 166 Å². The molecule has 1 aromatic carbocycles. The lowest BCUT2D eigenvalue weighted by atomic mass is 10.0. The van der Waals surface area contributed by atoms with Gasteiger partial charge in [0.25, 0.3) is 0 Å². The van der Waals surface area contributed by atoms with Gasteiger partial charge in [-0.05, 0) is 56.9 Å². The van der Waals surface area contributed by atoms with Gasteiger partial charge in [0, 0.05) is 12.1 Å². The van der Waals surface area contributed by atoms with Crippen LogP contribution in [0.1, 0.15) is 26.2 Å². The Morgan fingerprint density at radius 1 is 1.35 bits per heavy atom. The number of rotatable bonds is 8. The lowest BCUT2D eigenvalue weighted by Crippen LogP contribution is -2.53. The van der Waals surface area contributed by atoms with E-state index in [0.717, 1.165) is 19.4 Å². The zero-order valence-corrected chi connectivity index (χ0v) is 17.6. The van der Waals surface area contributed by atoms with Gasteiger partial charge in [0.05, 0.1) is 4.90 Å². The van der Waals surface area contributed by atoms with Crippen LogP contribution in [0.2, 0.25) is 0 Å². The smallest absolute Gasteiger partial charge is 0.241 e. The highest BCUT2D eigenvalue weighted by molar-refractivity contribution is 7.98.